The van der Waals surface area contributed by atoms with Gasteiger partial charge < -0.3 is 19.1 Å². The molecule has 1 aliphatic rings. The lowest BCUT2D eigenvalue weighted by Gasteiger charge is -2.18. The Morgan fingerprint density at radius 3 is 2.89 bits per heavy atom. The van der Waals surface area contributed by atoms with Crippen LogP contribution >= 0.6 is 0 Å². The number of aliphatic hydroxyl groups excluding tert-OH is 1. The van der Waals surface area contributed by atoms with Gasteiger partial charge in [0.25, 0.3) is 0 Å². The maximum absolute atomic E-state index is 10.9. The Hall–Kier alpha value is -2.79. The minimum atomic E-state index is -0.622. The van der Waals surface area contributed by atoms with E-state index in [1.165, 1.54) is 5.56 Å². The molecule has 0 radical (unpaired) electrons. The van der Waals surface area contributed by atoms with E-state index in [-0.39, 0.29) is 6.10 Å². The summed E-state index contributed by atoms with van der Waals surface area (Å²) in [5, 5.41) is 10.9. The number of nitrogens with zero attached hydrogens (tertiary/aromatic N) is 2. The van der Waals surface area contributed by atoms with Gasteiger partial charge in [-0.15, -0.1) is 0 Å². The van der Waals surface area contributed by atoms with Crippen LogP contribution in [0.1, 0.15) is 36.1 Å². The van der Waals surface area contributed by atoms with Gasteiger partial charge in [0.1, 0.15) is 17.6 Å². The van der Waals surface area contributed by atoms with Crippen molar-refractivity contribution in [3.8, 4) is 22.8 Å². The molecule has 0 aliphatic carbocycles. The van der Waals surface area contributed by atoms with Gasteiger partial charge in [0.2, 0.25) is 0 Å². The van der Waals surface area contributed by atoms with Gasteiger partial charge in [0, 0.05) is 29.7 Å². The molecule has 0 amide bonds. The highest BCUT2D eigenvalue weighted by molar-refractivity contribution is 5.63. The number of aliphatic hydroxyl groups is 1. The van der Waals surface area contributed by atoms with Crippen LogP contribution in [0, 0.1) is 6.92 Å². The highest BCUT2D eigenvalue weighted by Crippen LogP contribution is 2.41. The van der Waals surface area contributed by atoms with Crippen molar-refractivity contribution in [2.75, 3.05) is 7.11 Å². The minimum Gasteiger partial charge on any atom is -0.496 e. The van der Waals surface area contributed by atoms with Crippen molar-refractivity contribution in [1.29, 1.82) is 0 Å². The quantitative estimate of drug-likeness (QED) is 0.694. The first kappa shape index (κ1) is 18.6. The zero-order chi connectivity index (χ0) is 19.7. The van der Waals surface area contributed by atoms with E-state index < -0.39 is 6.10 Å². The van der Waals surface area contributed by atoms with E-state index in [1.807, 2.05) is 43.7 Å². The monoisotopic (exact) mass is 378 g/mol. The number of rotatable bonds is 6. The topological polar surface area (TPSA) is 56.5 Å². The zero-order valence-electron chi connectivity index (χ0n) is 16.6. The third-order valence-electron chi connectivity index (χ3n) is 5.41. The van der Waals surface area contributed by atoms with Crippen LogP contribution in [0.15, 0.2) is 48.9 Å². The molecule has 3 aromatic rings. The molecule has 0 spiro atoms. The van der Waals surface area contributed by atoms with Gasteiger partial charge in [0.15, 0.2) is 0 Å². The van der Waals surface area contributed by atoms with E-state index in [9.17, 15) is 5.11 Å². The van der Waals surface area contributed by atoms with Gasteiger partial charge >= 0.3 is 0 Å². The van der Waals surface area contributed by atoms with Gasteiger partial charge in [0.05, 0.1) is 31.4 Å². The van der Waals surface area contributed by atoms with Crippen molar-refractivity contribution in [3.63, 3.8) is 0 Å². The number of imidazole rings is 1. The van der Waals surface area contributed by atoms with Crippen molar-refractivity contribution in [3.05, 3.63) is 65.6 Å². The molecule has 2 heterocycles. The maximum atomic E-state index is 10.9. The van der Waals surface area contributed by atoms with Crippen molar-refractivity contribution in [1.82, 2.24) is 9.55 Å². The van der Waals surface area contributed by atoms with Crippen molar-refractivity contribution in [2.45, 2.75) is 45.4 Å². The Morgan fingerprint density at radius 1 is 1.29 bits per heavy atom. The summed E-state index contributed by atoms with van der Waals surface area (Å²) in [6.45, 7) is 4.81. The second-order valence-corrected chi connectivity index (χ2v) is 7.39. The molecule has 5 nitrogen and oxygen atoms in total. The van der Waals surface area contributed by atoms with Crippen LogP contribution in [0.4, 0.5) is 0 Å². The van der Waals surface area contributed by atoms with Crippen molar-refractivity contribution >= 4 is 0 Å². The fourth-order valence-corrected chi connectivity index (χ4v) is 3.98. The second kappa shape index (κ2) is 7.68. The molecular weight excluding hydrogens is 352 g/mol. The number of fused-ring (bicyclic) bond motifs is 1. The molecule has 1 aromatic heterocycles. The molecule has 2 unspecified atom stereocenters. The normalized spacial score (nSPS) is 16.5. The summed E-state index contributed by atoms with van der Waals surface area (Å²) in [6.07, 6.45) is 4.59. The predicted octanol–water partition coefficient (Wildman–Crippen LogP) is 4.31. The third-order valence-corrected chi connectivity index (χ3v) is 5.41. The Kier molecular flexibility index (Phi) is 5.09. The zero-order valence-corrected chi connectivity index (χ0v) is 16.6. The van der Waals surface area contributed by atoms with E-state index in [4.69, 9.17) is 9.47 Å². The Bertz CT molecular complexity index is 980. The van der Waals surface area contributed by atoms with Crippen LogP contribution in [-0.4, -0.2) is 27.9 Å². The summed E-state index contributed by atoms with van der Waals surface area (Å²) >= 11 is 0. The molecule has 1 N–H and O–H groups in total. The fourth-order valence-electron chi connectivity index (χ4n) is 3.98. The molecule has 1 aliphatic heterocycles. The summed E-state index contributed by atoms with van der Waals surface area (Å²) in [5.41, 5.74) is 5.30. The first-order chi connectivity index (χ1) is 13.6. The van der Waals surface area contributed by atoms with Gasteiger partial charge in [-0.1, -0.05) is 24.3 Å². The number of aromatic nitrogens is 2. The lowest BCUT2D eigenvalue weighted by molar-refractivity contribution is 0.157. The first-order valence-corrected chi connectivity index (χ1v) is 9.69. The number of benzene rings is 2. The number of methoxy groups -OCH3 is 1. The van der Waals surface area contributed by atoms with Gasteiger partial charge in [-0.2, -0.15) is 0 Å². The standard InChI is InChI=1S/C23H26N2O3/c1-15-6-4-5-7-17(15)20-13-24-14-25(20)11-10-21(26)18-8-9-22-19(23(18)27-3)12-16(2)28-22/h4-9,13-14,16,21,26H,10-12H2,1-3H3. The first-order valence-electron chi connectivity index (χ1n) is 9.69. The van der Waals surface area contributed by atoms with E-state index >= 15 is 0 Å². The summed E-state index contributed by atoms with van der Waals surface area (Å²) in [5.74, 6) is 1.61. The molecule has 0 saturated carbocycles. The largest absolute Gasteiger partial charge is 0.496 e. The molecular formula is C23H26N2O3. The predicted molar refractivity (Wildman–Crippen MR) is 109 cm³/mol. The summed E-state index contributed by atoms with van der Waals surface area (Å²) in [4.78, 5) is 4.32. The lowest BCUT2D eigenvalue weighted by Crippen LogP contribution is -2.08. The third kappa shape index (κ3) is 3.38. The summed E-state index contributed by atoms with van der Waals surface area (Å²) in [6, 6.07) is 12.1. The minimum absolute atomic E-state index is 0.138. The Labute approximate surface area is 165 Å². The summed E-state index contributed by atoms with van der Waals surface area (Å²) in [7, 11) is 1.65. The summed E-state index contributed by atoms with van der Waals surface area (Å²) < 4.78 is 13.5. The SMILES string of the molecule is COc1c(C(O)CCn2cncc2-c2ccccc2C)ccc2c1CC(C)O2. The van der Waals surface area contributed by atoms with Crippen LogP contribution in [0.3, 0.4) is 0 Å². The number of aryl methyl sites for hydroxylation is 2. The fraction of sp³-hybridized carbons (Fsp3) is 0.348. The maximum Gasteiger partial charge on any atom is 0.131 e. The molecule has 2 aromatic carbocycles. The Morgan fingerprint density at radius 2 is 2.11 bits per heavy atom. The highest BCUT2D eigenvalue weighted by atomic mass is 16.5. The number of ether oxygens (including phenoxy) is 2. The Balaban J connectivity index is 1.54. The molecule has 0 fully saturated rings. The molecule has 0 saturated heterocycles. The van der Waals surface area contributed by atoms with Crippen LogP contribution < -0.4 is 9.47 Å². The smallest absolute Gasteiger partial charge is 0.131 e. The molecule has 146 valence electrons. The lowest BCUT2D eigenvalue weighted by atomic mass is 9.99. The average molecular weight is 378 g/mol. The van der Waals surface area contributed by atoms with Crippen LogP contribution in [0.2, 0.25) is 0 Å². The van der Waals surface area contributed by atoms with Gasteiger partial charge in [-0.3, -0.25) is 0 Å². The second-order valence-electron chi connectivity index (χ2n) is 7.39. The molecule has 2 atom stereocenters. The van der Waals surface area contributed by atoms with E-state index in [0.717, 1.165) is 40.3 Å². The van der Waals surface area contributed by atoms with E-state index in [2.05, 4.69) is 28.6 Å². The van der Waals surface area contributed by atoms with Crippen molar-refractivity contribution in [2.24, 2.45) is 0 Å². The molecule has 0 bridgehead atoms. The van der Waals surface area contributed by atoms with Crippen LogP contribution in [0.5, 0.6) is 11.5 Å². The average Bonchev–Trinajstić information content (AvgIpc) is 3.31. The van der Waals surface area contributed by atoms with Gasteiger partial charge in [-0.05, 0) is 38.0 Å². The van der Waals surface area contributed by atoms with E-state index in [1.54, 1.807) is 7.11 Å². The van der Waals surface area contributed by atoms with E-state index in [0.29, 0.717) is 13.0 Å². The van der Waals surface area contributed by atoms with Gasteiger partial charge in [-0.25, -0.2) is 4.98 Å². The number of hydrogen-bond donors (Lipinski definition) is 1. The van der Waals surface area contributed by atoms with Crippen LogP contribution in [0.25, 0.3) is 11.3 Å². The number of hydrogen-bond acceptors (Lipinski definition) is 4. The van der Waals surface area contributed by atoms with Crippen molar-refractivity contribution < 1.29 is 14.6 Å². The molecule has 4 rings (SSSR count). The molecule has 5 heteroatoms. The highest BCUT2D eigenvalue weighted by Gasteiger charge is 2.27. The molecule has 28 heavy (non-hydrogen) atoms. The van der Waals surface area contributed by atoms with Crippen LogP contribution in [-0.2, 0) is 13.0 Å².